The fraction of sp³-hybridized carbons (Fsp3) is 0.611. The van der Waals surface area contributed by atoms with Crippen LogP contribution in [-0.4, -0.2) is 31.7 Å². The molecular formula is C18H23F3N2O2. The molecule has 0 bridgehead atoms. The van der Waals surface area contributed by atoms with Crippen LogP contribution in [0.4, 0.5) is 13.2 Å². The predicted molar refractivity (Wildman–Crippen MR) is 86.9 cm³/mol. The standard InChI is InChI=1S/C18H23F3N2O2/c19-18(20,21)14-3-1-2-13(10-14)17(6-7-17)11-23-16(24)15(22)12-4-8-25-9-5-12/h1-3,10,12,15H,4-9,11,22H2,(H,23,24). The Morgan fingerprint density at radius 3 is 2.60 bits per heavy atom. The first kappa shape index (κ1) is 18.2. The van der Waals surface area contributed by atoms with E-state index in [-0.39, 0.29) is 11.8 Å². The highest BCUT2D eigenvalue weighted by molar-refractivity contribution is 5.82. The van der Waals surface area contributed by atoms with E-state index >= 15 is 0 Å². The van der Waals surface area contributed by atoms with Crippen LogP contribution in [0.2, 0.25) is 0 Å². The number of hydrogen-bond donors (Lipinski definition) is 2. The van der Waals surface area contributed by atoms with Crippen LogP contribution in [0.3, 0.4) is 0 Å². The van der Waals surface area contributed by atoms with Crippen molar-refractivity contribution < 1.29 is 22.7 Å². The topological polar surface area (TPSA) is 64.4 Å². The number of halogens is 3. The zero-order chi connectivity index (χ0) is 18.1. The lowest BCUT2D eigenvalue weighted by Crippen LogP contribution is -2.48. The Bertz CT molecular complexity index is 623. The average molecular weight is 356 g/mol. The SMILES string of the molecule is NC(C(=O)NCC1(c2cccc(C(F)(F)F)c2)CC1)C1CCOCC1. The third-order valence-corrected chi connectivity index (χ3v) is 5.33. The van der Waals surface area contributed by atoms with E-state index in [2.05, 4.69) is 5.32 Å². The molecule has 1 heterocycles. The Balaban J connectivity index is 1.62. The summed E-state index contributed by atoms with van der Waals surface area (Å²) in [7, 11) is 0. The fourth-order valence-electron chi connectivity index (χ4n) is 3.41. The van der Waals surface area contributed by atoms with Crippen LogP contribution in [0.1, 0.15) is 36.8 Å². The van der Waals surface area contributed by atoms with Gasteiger partial charge in [0.2, 0.25) is 5.91 Å². The molecule has 1 saturated carbocycles. The normalized spacial score (nSPS) is 21.6. The lowest BCUT2D eigenvalue weighted by molar-refractivity contribution is -0.137. The van der Waals surface area contributed by atoms with Crippen molar-refractivity contribution in [2.75, 3.05) is 19.8 Å². The van der Waals surface area contributed by atoms with E-state index < -0.39 is 23.2 Å². The average Bonchev–Trinajstić information content (AvgIpc) is 3.40. The maximum atomic E-state index is 12.9. The second-order valence-electron chi connectivity index (χ2n) is 7.05. The van der Waals surface area contributed by atoms with Gasteiger partial charge in [0.25, 0.3) is 0 Å². The largest absolute Gasteiger partial charge is 0.416 e. The first-order chi connectivity index (χ1) is 11.8. The van der Waals surface area contributed by atoms with E-state index in [0.29, 0.717) is 25.3 Å². The minimum absolute atomic E-state index is 0.0949. The zero-order valence-electron chi connectivity index (χ0n) is 13.9. The summed E-state index contributed by atoms with van der Waals surface area (Å²) >= 11 is 0. The number of hydrogen-bond acceptors (Lipinski definition) is 3. The van der Waals surface area contributed by atoms with Gasteiger partial charge in [0.1, 0.15) is 0 Å². The van der Waals surface area contributed by atoms with E-state index in [1.54, 1.807) is 6.07 Å². The second kappa shape index (κ2) is 6.96. The molecule has 1 aliphatic carbocycles. The number of ether oxygens (including phenoxy) is 1. The van der Waals surface area contributed by atoms with Crippen LogP contribution >= 0.6 is 0 Å². The van der Waals surface area contributed by atoms with Gasteiger partial charge in [-0.15, -0.1) is 0 Å². The molecule has 138 valence electrons. The second-order valence-corrected chi connectivity index (χ2v) is 7.05. The Labute approximate surface area is 144 Å². The van der Waals surface area contributed by atoms with Crippen molar-refractivity contribution in [3.05, 3.63) is 35.4 Å². The van der Waals surface area contributed by atoms with Crippen molar-refractivity contribution in [1.82, 2.24) is 5.32 Å². The summed E-state index contributed by atoms with van der Waals surface area (Å²) in [5.74, 6) is -0.136. The van der Waals surface area contributed by atoms with Gasteiger partial charge in [0.05, 0.1) is 11.6 Å². The van der Waals surface area contributed by atoms with Gasteiger partial charge in [-0.1, -0.05) is 18.2 Å². The zero-order valence-corrected chi connectivity index (χ0v) is 13.9. The Hall–Kier alpha value is -1.60. The third kappa shape index (κ3) is 4.15. The molecule has 4 nitrogen and oxygen atoms in total. The van der Waals surface area contributed by atoms with Gasteiger partial charge in [-0.25, -0.2) is 0 Å². The quantitative estimate of drug-likeness (QED) is 0.852. The van der Waals surface area contributed by atoms with Gasteiger partial charge in [-0.2, -0.15) is 13.2 Å². The molecule has 0 spiro atoms. The molecule has 3 rings (SSSR count). The lowest BCUT2D eigenvalue weighted by Gasteiger charge is -2.27. The van der Waals surface area contributed by atoms with Crippen LogP contribution in [0.5, 0.6) is 0 Å². The molecule has 1 unspecified atom stereocenters. The number of rotatable bonds is 5. The van der Waals surface area contributed by atoms with Crippen LogP contribution in [0, 0.1) is 5.92 Å². The Kier molecular flexibility index (Phi) is 5.06. The molecule has 1 saturated heterocycles. The first-order valence-corrected chi connectivity index (χ1v) is 8.61. The first-order valence-electron chi connectivity index (χ1n) is 8.61. The molecule has 25 heavy (non-hydrogen) atoms. The monoisotopic (exact) mass is 356 g/mol. The van der Waals surface area contributed by atoms with Crippen LogP contribution < -0.4 is 11.1 Å². The van der Waals surface area contributed by atoms with E-state index in [4.69, 9.17) is 10.5 Å². The van der Waals surface area contributed by atoms with Crippen molar-refractivity contribution >= 4 is 5.91 Å². The number of alkyl halides is 3. The number of amides is 1. The van der Waals surface area contributed by atoms with Gasteiger partial charge < -0.3 is 15.8 Å². The molecular weight excluding hydrogens is 333 g/mol. The minimum Gasteiger partial charge on any atom is -0.381 e. The maximum absolute atomic E-state index is 12.9. The molecule has 1 amide bonds. The van der Waals surface area contributed by atoms with Gasteiger partial charge in [0, 0.05) is 25.2 Å². The molecule has 1 aliphatic heterocycles. The molecule has 0 radical (unpaired) electrons. The van der Waals surface area contributed by atoms with Gasteiger partial charge in [-0.3, -0.25) is 4.79 Å². The minimum atomic E-state index is -4.36. The smallest absolute Gasteiger partial charge is 0.381 e. The highest BCUT2D eigenvalue weighted by Crippen LogP contribution is 2.48. The van der Waals surface area contributed by atoms with E-state index in [9.17, 15) is 18.0 Å². The summed E-state index contributed by atoms with van der Waals surface area (Å²) < 4.78 is 44.0. The van der Waals surface area contributed by atoms with Crippen LogP contribution in [-0.2, 0) is 21.1 Å². The predicted octanol–water partition coefficient (Wildman–Crippen LogP) is 2.61. The Morgan fingerprint density at radius 2 is 2.00 bits per heavy atom. The number of nitrogens with one attached hydrogen (secondary N) is 1. The molecule has 0 aromatic heterocycles. The van der Waals surface area contributed by atoms with Gasteiger partial charge >= 0.3 is 6.18 Å². The number of carbonyl (C=O) groups excluding carboxylic acids is 1. The molecule has 1 aromatic rings. The van der Waals surface area contributed by atoms with Crippen LogP contribution in [0.15, 0.2) is 24.3 Å². The molecule has 1 aromatic carbocycles. The van der Waals surface area contributed by atoms with Crippen molar-refractivity contribution in [2.45, 2.75) is 43.3 Å². The molecule has 2 aliphatic rings. The molecule has 2 fully saturated rings. The summed E-state index contributed by atoms with van der Waals surface area (Å²) in [5.41, 5.74) is 5.62. The van der Waals surface area contributed by atoms with E-state index in [1.807, 2.05) is 0 Å². The summed E-state index contributed by atoms with van der Waals surface area (Å²) in [6.45, 7) is 1.55. The highest BCUT2D eigenvalue weighted by atomic mass is 19.4. The third-order valence-electron chi connectivity index (χ3n) is 5.33. The summed E-state index contributed by atoms with van der Waals surface area (Å²) in [6.07, 6.45) is -1.32. The number of benzene rings is 1. The molecule has 7 heteroatoms. The van der Waals surface area contributed by atoms with Crippen molar-refractivity contribution in [3.8, 4) is 0 Å². The summed E-state index contributed by atoms with van der Waals surface area (Å²) in [6, 6.07) is 4.79. The lowest BCUT2D eigenvalue weighted by atomic mass is 9.91. The van der Waals surface area contributed by atoms with Crippen LogP contribution in [0.25, 0.3) is 0 Å². The number of carbonyl (C=O) groups is 1. The van der Waals surface area contributed by atoms with Gasteiger partial charge in [-0.05, 0) is 43.2 Å². The fourth-order valence-corrected chi connectivity index (χ4v) is 3.41. The summed E-state index contributed by atoms with van der Waals surface area (Å²) in [5, 5.41) is 2.85. The van der Waals surface area contributed by atoms with Crippen molar-refractivity contribution in [2.24, 2.45) is 11.7 Å². The molecule has 1 atom stereocenters. The van der Waals surface area contributed by atoms with Crippen molar-refractivity contribution in [1.29, 1.82) is 0 Å². The van der Waals surface area contributed by atoms with Crippen molar-refractivity contribution in [3.63, 3.8) is 0 Å². The highest BCUT2D eigenvalue weighted by Gasteiger charge is 2.45. The van der Waals surface area contributed by atoms with Gasteiger partial charge in [0.15, 0.2) is 0 Å². The van der Waals surface area contributed by atoms with E-state index in [0.717, 1.165) is 31.7 Å². The van der Waals surface area contributed by atoms with E-state index in [1.165, 1.54) is 12.1 Å². The maximum Gasteiger partial charge on any atom is 0.416 e. The summed E-state index contributed by atoms with van der Waals surface area (Å²) in [4.78, 5) is 12.3. The number of nitrogens with two attached hydrogens (primary N) is 1. The Morgan fingerprint density at radius 1 is 1.32 bits per heavy atom. The molecule has 3 N–H and O–H groups in total.